The van der Waals surface area contributed by atoms with Crippen LogP contribution in [0.25, 0.3) is 0 Å². The first-order valence-corrected chi connectivity index (χ1v) is 6.99. The van der Waals surface area contributed by atoms with Gasteiger partial charge in [-0.15, -0.1) is 0 Å². The molecule has 0 aromatic heterocycles. The number of hydrogen-bond acceptors (Lipinski definition) is 3. The second kappa shape index (κ2) is 6.68. The molecule has 1 amide bonds. The summed E-state index contributed by atoms with van der Waals surface area (Å²) in [5.41, 5.74) is 7.63. The molecule has 2 rings (SSSR count). The summed E-state index contributed by atoms with van der Waals surface area (Å²) in [6.07, 6.45) is 3.31. The van der Waals surface area contributed by atoms with Gasteiger partial charge in [0, 0.05) is 12.2 Å². The Kier molecular flexibility index (Phi) is 4.93. The van der Waals surface area contributed by atoms with Gasteiger partial charge in [-0.05, 0) is 30.9 Å². The van der Waals surface area contributed by atoms with Crippen LogP contribution in [0, 0.1) is 0 Å². The molecule has 1 saturated heterocycles. The summed E-state index contributed by atoms with van der Waals surface area (Å²) >= 11 is 0. The van der Waals surface area contributed by atoms with Gasteiger partial charge in [-0.3, -0.25) is 4.79 Å². The zero-order valence-electron chi connectivity index (χ0n) is 11.4. The lowest BCUT2D eigenvalue weighted by Crippen LogP contribution is -2.30. The maximum absolute atomic E-state index is 12.2. The highest BCUT2D eigenvalue weighted by Crippen LogP contribution is 2.22. The zero-order chi connectivity index (χ0) is 13.7. The molecule has 1 aliphatic heterocycles. The molecule has 1 aromatic carbocycles. The Labute approximate surface area is 114 Å². The van der Waals surface area contributed by atoms with E-state index in [0.717, 1.165) is 31.4 Å². The van der Waals surface area contributed by atoms with Crippen LogP contribution < -0.4 is 11.1 Å². The lowest BCUT2D eigenvalue weighted by atomic mass is 10.1. The molecule has 0 saturated carbocycles. The first kappa shape index (κ1) is 14.0. The monoisotopic (exact) mass is 262 g/mol. The molecule has 0 aliphatic carbocycles. The number of benzene rings is 1. The Morgan fingerprint density at radius 1 is 1.42 bits per heavy atom. The van der Waals surface area contributed by atoms with Gasteiger partial charge in [0.05, 0.1) is 6.10 Å². The van der Waals surface area contributed by atoms with E-state index in [1.54, 1.807) is 0 Å². The molecule has 2 atom stereocenters. The number of amides is 1. The fraction of sp³-hybridized carbons (Fsp3) is 0.533. The van der Waals surface area contributed by atoms with E-state index in [1.165, 1.54) is 5.56 Å². The van der Waals surface area contributed by atoms with Crippen molar-refractivity contribution in [3.63, 3.8) is 0 Å². The minimum absolute atomic E-state index is 0.0293. The minimum Gasteiger partial charge on any atom is -0.364 e. The van der Waals surface area contributed by atoms with Crippen LogP contribution in [0.15, 0.2) is 24.3 Å². The zero-order valence-corrected chi connectivity index (χ0v) is 11.4. The molecule has 19 heavy (non-hydrogen) atoms. The summed E-state index contributed by atoms with van der Waals surface area (Å²) in [5, 5.41) is 2.98. The molecule has 1 aliphatic rings. The standard InChI is InChI=1S/C15H22N2O2/c1-2-5-11-6-3-4-7-13(11)17-15(18)14-9-8-12(10-16)19-14/h3-4,6-7,12,14H,2,5,8-10,16H2,1H3,(H,17,18)/t12-,14+/m1/s1. The van der Waals surface area contributed by atoms with Gasteiger partial charge in [0.2, 0.25) is 0 Å². The van der Waals surface area contributed by atoms with Gasteiger partial charge in [-0.2, -0.15) is 0 Å². The highest BCUT2D eigenvalue weighted by molar-refractivity contribution is 5.95. The molecule has 4 heteroatoms. The smallest absolute Gasteiger partial charge is 0.253 e. The highest BCUT2D eigenvalue weighted by atomic mass is 16.5. The van der Waals surface area contributed by atoms with Crippen LogP contribution in [-0.2, 0) is 16.0 Å². The average molecular weight is 262 g/mol. The van der Waals surface area contributed by atoms with E-state index in [9.17, 15) is 4.79 Å². The van der Waals surface area contributed by atoms with Gasteiger partial charge in [0.15, 0.2) is 0 Å². The number of nitrogens with two attached hydrogens (primary N) is 1. The van der Waals surface area contributed by atoms with Crippen LogP contribution in [0.4, 0.5) is 5.69 Å². The van der Waals surface area contributed by atoms with E-state index < -0.39 is 0 Å². The summed E-state index contributed by atoms with van der Waals surface area (Å²) in [4.78, 5) is 12.2. The van der Waals surface area contributed by atoms with Gasteiger partial charge < -0.3 is 15.8 Å². The number of ether oxygens (including phenoxy) is 1. The number of rotatable bonds is 5. The fourth-order valence-corrected chi connectivity index (χ4v) is 2.41. The Hall–Kier alpha value is -1.39. The van der Waals surface area contributed by atoms with Crippen molar-refractivity contribution in [2.75, 3.05) is 11.9 Å². The predicted octanol–water partition coefficient (Wildman–Crippen LogP) is 2.08. The molecule has 0 bridgehead atoms. The number of hydrogen-bond donors (Lipinski definition) is 2. The third-order valence-electron chi connectivity index (χ3n) is 3.46. The topological polar surface area (TPSA) is 64.4 Å². The normalized spacial score (nSPS) is 22.4. The lowest BCUT2D eigenvalue weighted by Gasteiger charge is -2.15. The Morgan fingerprint density at radius 2 is 2.21 bits per heavy atom. The van der Waals surface area contributed by atoms with Crippen LogP contribution in [-0.4, -0.2) is 24.7 Å². The van der Waals surface area contributed by atoms with E-state index in [-0.39, 0.29) is 18.1 Å². The van der Waals surface area contributed by atoms with E-state index in [4.69, 9.17) is 10.5 Å². The molecule has 1 aromatic rings. The molecular weight excluding hydrogens is 240 g/mol. The molecular formula is C15H22N2O2. The molecule has 104 valence electrons. The second-order valence-corrected chi connectivity index (χ2v) is 4.96. The summed E-state index contributed by atoms with van der Waals surface area (Å²) in [6, 6.07) is 7.93. The van der Waals surface area contributed by atoms with Gasteiger partial charge in [-0.25, -0.2) is 0 Å². The molecule has 0 unspecified atom stereocenters. The van der Waals surface area contributed by atoms with Gasteiger partial charge >= 0.3 is 0 Å². The minimum atomic E-state index is -0.358. The second-order valence-electron chi connectivity index (χ2n) is 4.96. The van der Waals surface area contributed by atoms with Gasteiger partial charge in [0.25, 0.3) is 5.91 Å². The quantitative estimate of drug-likeness (QED) is 0.854. The van der Waals surface area contributed by atoms with Gasteiger partial charge in [0.1, 0.15) is 6.10 Å². The van der Waals surface area contributed by atoms with Crippen molar-refractivity contribution in [1.82, 2.24) is 0 Å². The molecule has 0 spiro atoms. The maximum Gasteiger partial charge on any atom is 0.253 e. The summed E-state index contributed by atoms with van der Waals surface area (Å²) in [5.74, 6) is -0.0560. The van der Waals surface area contributed by atoms with Crippen LogP contribution in [0.1, 0.15) is 31.7 Å². The number of carbonyl (C=O) groups is 1. The summed E-state index contributed by atoms with van der Waals surface area (Å²) in [7, 11) is 0. The lowest BCUT2D eigenvalue weighted by molar-refractivity contribution is -0.126. The summed E-state index contributed by atoms with van der Waals surface area (Å²) < 4.78 is 5.61. The van der Waals surface area contributed by atoms with E-state index >= 15 is 0 Å². The SMILES string of the molecule is CCCc1ccccc1NC(=O)[C@@H]1CC[C@H](CN)O1. The fourth-order valence-electron chi connectivity index (χ4n) is 2.41. The Balaban J connectivity index is 1.99. The predicted molar refractivity (Wildman–Crippen MR) is 76.0 cm³/mol. The molecule has 0 radical (unpaired) electrons. The van der Waals surface area contributed by atoms with Crippen molar-refractivity contribution >= 4 is 11.6 Å². The highest BCUT2D eigenvalue weighted by Gasteiger charge is 2.29. The summed E-state index contributed by atoms with van der Waals surface area (Å²) in [6.45, 7) is 2.61. The van der Waals surface area contributed by atoms with Crippen molar-refractivity contribution in [3.8, 4) is 0 Å². The molecule has 1 heterocycles. The number of nitrogens with one attached hydrogen (secondary N) is 1. The molecule has 3 N–H and O–H groups in total. The van der Waals surface area contributed by atoms with Crippen molar-refractivity contribution in [1.29, 1.82) is 0 Å². The van der Waals surface area contributed by atoms with Crippen LogP contribution in [0.5, 0.6) is 0 Å². The third-order valence-corrected chi connectivity index (χ3v) is 3.46. The molecule has 1 fully saturated rings. The Morgan fingerprint density at radius 3 is 2.89 bits per heavy atom. The number of anilines is 1. The first-order valence-electron chi connectivity index (χ1n) is 6.99. The molecule has 4 nitrogen and oxygen atoms in total. The van der Waals surface area contributed by atoms with E-state index in [1.807, 2.05) is 18.2 Å². The van der Waals surface area contributed by atoms with E-state index in [0.29, 0.717) is 6.54 Å². The number of para-hydroxylation sites is 1. The van der Waals surface area contributed by atoms with Crippen molar-refractivity contribution in [3.05, 3.63) is 29.8 Å². The van der Waals surface area contributed by atoms with E-state index in [2.05, 4.69) is 18.3 Å². The van der Waals surface area contributed by atoms with Gasteiger partial charge in [-0.1, -0.05) is 31.5 Å². The van der Waals surface area contributed by atoms with Crippen molar-refractivity contribution in [2.24, 2.45) is 5.73 Å². The number of carbonyl (C=O) groups excluding carboxylic acids is 1. The maximum atomic E-state index is 12.2. The van der Waals surface area contributed by atoms with Crippen LogP contribution in [0.2, 0.25) is 0 Å². The Bertz CT molecular complexity index is 434. The largest absolute Gasteiger partial charge is 0.364 e. The average Bonchev–Trinajstić information content (AvgIpc) is 2.90. The number of aryl methyl sites for hydroxylation is 1. The van der Waals surface area contributed by atoms with Crippen LogP contribution in [0.3, 0.4) is 0 Å². The first-order chi connectivity index (χ1) is 9.24. The van der Waals surface area contributed by atoms with Crippen molar-refractivity contribution in [2.45, 2.75) is 44.8 Å². The van der Waals surface area contributed by atoms with Crippen molar-refractivity contribution < 1.29 is 9.53 Å². The van der Waals surface area contributed by atoms with Crippen LogP contribution >= 0.6 is 0 Å². The third kappa shape index (κ3) is 3.55.